The van der Waals surface area contributed by atoms with Crippen molar-refractivity contribution in [2.45, 2.75) is 45.1 Å². The minimum atomic E-state index is -0.130. The van der Waals surface area contributed by atoms with E-state index in [-0.39, 0.29) is 16.9 Å². The predicted molar refractivity (Wildman–Crippen MR) is 84.1 cm³/mol. The number of hydrogen-bond donors (Lipinski definition) is 1. The summed E-state index contributed by atoms with van der Waals surface area (Å²) in [6, 6.07) is 3.66. The average Bonchev–Trinajstić information content (AvgIpc) is 2.47. The van der Waals surface area contributed by atoms with Crippen molar-refractivity contribution in [3.05, 3.63) is 34.2 Å². The van der Waals surface area contributed by atoms with Crippen molar-refractivity contribution in [2.24, 2.45) is 30.2 Å². The number of carbonyl (C=O) groups is 1. The molecule has 5 rings (SSSR count). The maximum atomic E-state index is 12.8. The van der Waals surface area contributed by atoms with E-state index in [1.807, 2.05) is 12.1 Å². The molecular weight excluding hydrogens is 276 g/mol. The zero-order valence-electron chi connectivity index (χ0n) is 13.2. The van der Waals surface area contributed by atoms with Gasteiger partial charge in [0.15, 0.2) is 0 Å². The number of pyridine rings is 1. The summed E-state index contributed by atoms with van der Waals surface area (Å²) in [5, 5.41) is 3.07. The van der Waals surface area contributed by atoms with Crippen LogP contribution in [0.25, 0.3) is 0 Å². The molecule has 1 N–H and O–H groups in total. The van der Waals surface area contributed by atoms with Crippen LogP contribution in [0.5, 0.6) is 0 Å². The zero-order valence-corrected chi connectivity index (χ0v) is 13.2. The fraction of sp³-hybridized carbons (Fsp3) is 0.667. The zero-order chi connectivity index (χ0) is 15.3. The second kappa shape index (κ2) is 4.97. The van der Waals surface area contributed by atoms with Crippen LogP contribution >= 0.6 is 0 Å². The molecule has 0 unspecified atom stereocenters. The molecule has 1 aromatic heterocycles. The first kappa shape index (κ1) is 14.0. The van der Waals surface area contributed by atoms with E-state index >= 15 is 0 Å². The Morgan fingerprint density at radius 2 is 1.82 bits per heavy atom. The largest absolute Gasteiger partial charge is 0.351 e. The lowest BCUT2D eigenvalue weighted by Gasteiger charge is -2.55. The van der Waals surface area contributed by atoms with Gasteiger partial charge in [0.05, 0.1) is 0 Å². The molecule has 4 aliphatic rings. The molecule has 4 aliphatic carbocycles. The Balaban J connectivity index is 1.48. The highest BCUT2D eigenvalue weighted by molar-refractivity contribution is 5.83. The Labute approximate surface area is 130 Å². The third-order valence-electron chi connectivity index (χ3n) is 6.16. The molecule has 0 radical (unpaired) electrons. The average molecular weight is 300 g/mol. The normalized spacial score (nSPS) is 35.6. The van der Waals surface area contributed by atoms with Gasteiger partial charge >= 0.3 is 0 Å². The van der Waals surface area contributed by atoms with Gasteiger partial charge in [0.2, 0.25) is 5.91 Å². The number of hydrogen-bond acceptors (Lipinski definition) is 2. The lowest BCUT2D eigenvalue weighted by Crippen LogP contribution is -2.53. The maximum absolute atomic E-state index is 12.8. The van der Waals surface area contributed by atoms with E-state index in [2.05, 4.69) is 5.32 Å². The molecule has 1 heterocycles. The molecule has 4 nitrogen and oxygen atoms in total. The monoisotopic (exact) mass is 300 g/mol. The summed E-state index contributed by atoms with van der Waals surface area (Å²) in [7, 11) is 1.74. The van der Waals surface area contributed by atoms with E-state index in [1.165, 1.54) is 19.3 Å². The molecule has 22 heavy (non-hydrogen) atoms. The highest BCUT2D eigenvalue weighted by atomic mass is 16.2. The van der Waals surface area contributed by atoms with Crippen molar-refractivity contribution in [3.63, 3.8) is 0 Å². The number of nitrogens with zero attached hydrogens (tertiary/aromatic N) is 1. The van der Waals surface area contributed by atoms with Crippen molar-refractivity contribution in [3.8, 4) is 0 Å². The Kier molecular flexibility index (Phi) is 3.17. The van der Waals surface area contributed by atoms with Gasteiger partial charge in [-0.25, -0.2) is 0 Å². The smallest absolute Gasteiger partial charge is 0.255 e. The van der Waals surface area contributed by atoms with Gasteiger partial charge in [0.1, 0.15) is 0 Å². The standard InChI is InChI=1S/C18H24N2O2/c1-20-4-2-3-15(16(20)21)11-19-17(22)18-8-12-5-13(9-18)7-14(6-12)10-18/h2-4,12-14H,5-11H2,1H3,(H,19,22). The van der Waals surface area contributed by atoms with Crippen LogP contribution in [0.4, 0.5) is 0 Å². The Morgan fingerprint density at radius 3 is 2.41 bits per heavy atom. The lowest BCUT2D eigenvalue weighted by atomic mass is 9.49. The molecule has 4 saturated carbocycles. The number of amides is 1. The van der Waals surface area contributed by atoms with E-state index < -0.39 is 0 Å². The summed E-state index contributed by atoms with van der Waals surface area (Å²) >= 11 is 0. The number of rotatable bonds is 3. The van der Waals surface area contributed by atoms with Crippen LogP contribution in [0, 0.1) is 23.2 Å². The molecule has 0 spiro atoms. The highest BCUT2D eigenvalue weighted by Gasteiger charge is 2.54. The third kappa shape index (κ3) is 2.20. The van der Waals surface area contributed by atoms with E-state index in [0.717, 1.165) is 37.0 Å². The quantitative estimate of drug-likeness (QED) is 0.930. The van der Waals surface area contributed by atoms with Gasteiger partial charge in [-0.2, -0.15) is 0 Å². The Hall–Kier alpha value is -1.58. The van der Waals surface area contributed by atoms with E-state index in [4.69, 9.17) is 0 Å². The van der Waals surface area contributed by atoms with Crippen LogP contribution < -0.4 is 10.9 Å². The number of aryl methyl sites for hydroxylation is 1. The van der Waals surface area contributed by atoms with Crippen LogP contribution in [-0.4, -0.2) is 10.5 Å². The fourth-order valence-electron chi connectivity index (χ4n) is 5.54. The van der Waals surface area contributed by atoms with Crippen LogP contribution in [-0.2, 0) is 18.4 Å². The van der Waals surface area contributed by atoms with Gasteiger partial charge in [-0.3, -0.25) is 9.59 Å². The van der Waals surface area contributed by atoms with Crippen molar-refractivity contribution in [1.29, 1.82) is 0 Å². The first-order valence-electron chi connectivity index (χ1n) is 8.48. The summed E-state index contributed by atoms with van der Waals surface area (Å²) in [6.07, 6.45) is 8.96. The van der Waals surface area contributed by atoms with Gasteiger partial charge in [-0.05, 0) is 62.3 Å². The molecule has 4 heteroatoms. The minimum Gasteiger partial charge on any atom is -0.351 e. The molecule has 4 fully saturated rings. The Morgan fingerprint density at radius 1 is 1.23 bits per heavy atom. The third-order valence-corrected chi connectivity index (χ3v) is 6.16. The second-order valence-corrected chi connectivity index (χ2v) is 7.83. The summed E-state index contributed by atoms with van der Waals surface area (Å²) in [4.78, 5) is 24.9. The van der Waals surface area contributed by atoms with Crippen LogP contribution in [0.2, 0.25) is 0 Å². The molecule has 0 aromatic carbocycles. The highest BCUT2D eigenvalue weighted by Crippen LogP contribution is 2.60. The first-order chi connectivity index (χ1) is 10.6. The van der Waals surface area contributed by atoms with Crippen LogP contribution in [0.15, 0.2) is 23.1 Å². The number of nitrogens with one attached hydrogen (secondary N) is 1. The summed E-state index contributed by atoms with van der Waals surface area (Å²) in [5.74, 6) is 2.49. The van der Waals surface area contributed by atoms with Crippen LogP contribution in [0.1, 0.15) is 44.1 Å². The lowest BCUT2D eigenvalue weighted by molar-refractivity contribution is -0.146. The molecule has 1 aromatic rings. The number of carbonyl (C=O) groups excluding carboxylic acids is 1. The minimum absolute atomic E-state index is 0.0201. The SMILES string of the molecule is Cn1cccc(CNC(=O)C23CC4CC(CC(C4)C2)C3)c1=O. The molecule has 4 bridgehead atoms. The van der Waals surface area contributed by atoms with Gasteiger partial charge in [0, 0.05) is 30.8 Å². The van der Waals surface area contributed by atoms with Gasteiger partial charge < -0.3 is 9.88 Å². The number of aromatic nitrogens is 1. The first-order valence-corrected chi connectivity index (χ1v) is 8.48. The summed E-state index contributed by atoms with van der Waals surface area (Å²) in [5.41, 5.74) is 0.519. The second-order valence-electron chi connectivity index (χ2n) is 7.83. The molecular formula is C18H24N2O2. The van der Waals surface area contributed by atoms with Crippen molar-refractivity contribution in [2.75, 3.05) is 0 Å². The van der Waals surface area contributed by atoms with Crippen molar-refractivity contribution < 1.29 is 4.79 Å². The van der Waals surface area contributed by atoms with Crippen LogP contribution in [0.3, 0.4) is 0 Å². The topological polar surface area (TPSA) is 51.1 Å². The van der Waals surface area contributed by atoms with E-state index in [9.17, 15) is 9.59 Å². The van der Waals surface area contributed by atoms with Crippen molar-refractivity contribution in [1.82, 2.24) is 9.88 Å². The molecule has 0 atom stereocenters. The Bertz CT molecular complexity index is 626. The van der Waals surface area contributed by atoms with E-state index in [0.29, 0.717) is 12.1 Å². The molecule has 0 saturated heterocycles. The fourth-order valence-corrected chi connectivity index (χ4v) is 5.54. The van der Waals surface area contributed by atoms with Gasteiger partial charge in [0.25, 0.3) is 5.56 Å². The summed E-state index contributed by atoms with van der Waals surface area (Å²) in [6.45, 7) is 0.355. The van der Waals surface area contributed by atoms with Gasteiger partial charge in [-0.15, -0.1) is 0 Å². The predicted octanol–water partition coefficient (Wildman–Crippen LogP) is 2.22. The molecule has 0 aliphatic heterocycles. The van der Waals surface area contributed by atoms with E-state index in [1.54, 1.807) is 17.8 Å². The summed E-state index contributed by atoms with van der Waals surface area (Å²) < 4.78 is 1.56. The van der Waals surface area contributed by atoms with Crippen molar-refractivity contribution >= 4 is 5.91 Å². The maximum Gasteiger partial charge on any atom is 0.255 e. The van der Waals surface area contributed by atoms with Gasteiger partial charge in [-0.1, -0.05) is 6.07 Å². The molecule has 118 valence electrons. The molecule has 1 amide bonds.